The largest absolute Gasteiger partial charge is 0.496 e. The van der Waals surface area contributed by atoms with Gasteiger partial charge in [0.15, 0.2) is 17.3 Å². The number of fused-ring (bicyclic) bond motifs is 2. The van der Waals surface area contributed by atoms with Gasteiger partial charge in [-0.3, -0.25) is 4.79 Å². The number of para-hydroxylation sites is 1. The van der Waals surface area contributed by atoms with Crippen LogP contribution in [0.5, 0.6) is 17.2 Å². The Balaban J connectivity index is 1.65. The van der Waals surface area contributed by atoms with Crippen LogP contribution in [0.1, 0.15) is 32.8 Å². The van der Waals surface area contributed by atoms with Crippen molar-refractivity contribution in [2.24, 2.45) is 5.10 Å². The first kappa shape index (κ1) is 26.3. The van der Waals surface area contributed by atoms with Crippen LogP contribution in [0.3, 0.4) is 0 Å². The number of furan rings is 1. The van der Waals surface area contributed by atoms with Crippen molar-refractivity contribution in [3.05, 3.63) is 81.6 Å². The maximum Gasteiger partial charge on any atom is 0.282 e. The number of aromatic nitrogens is 2. The summed E-state index contributed by atoms with van der Waals surface area (Å²) < 4.78 is 24.6. The first-order chi connectivity index (χ1) is 18.9. The van der Waals surface area contributed by atoms with Gasteiger partial charge < -0.3 is 18.6 Å². The number of hydrogen-bond donors (Lipinski definition) is 0. The van der Waals surface area contributed by atoms with Crippen LogP contribution >= 0.6 is 11.6 Å². The van der Waals surface area contributed by atoms with E-state index in [1.165, 1.54) is 10.9 Å². The summed E-state index contributed by atoms with van der Waals surface area (Å²) >= 11 is 6.59. The monoisotopic (exact) mass is 545 g/mol. The van der Waals surface area contributed by atoms with Crippen molar-refractivity contribution in [2.45, 2.75) is 33.3 Å². The number of hydrogen-bond acceptors (Lipinski definition) is 7. The number of nitrogens with zero attached hydrogens (tertiary/aromatic N) is 3. The van der Waals surface area contributed by atoms with Crippen molar-refractivity contribution in [1.29, 1.82) is 0 Å². The summed E-state index contributed by atoms with van der Waals surface area (Å²) in [6.07, 6.45) is 2.32. The molecule has 200 valence electrons. The molecule has 0 saturated carbocycles. The van der Waals surface area contributed by atoms with Gasteiger partial charge in [-0.15, -0.1) is 0 Å². The number of methoxy groups -OCH3 is 1. The lowest BCUT2D eigenvalue weighted by Crippen LogP contribution is -2.20. The molecule has 39 heavy (non-hydrogen) atoms. The molecule has 8 nitrogen and oxygen atoms in total. The number of halogens is 1. The van der Waals surface area contributed by atoms with Gasteiger partial charge in [-0.2, -0.15) is 9.78 Å². The average Bonchev–Trinajstić information content (AvgIpc) is 3.39. The average molecular weight is 546 g/mol. The van der Waals surface area contributed by atoms with Gasteiger partial charge >= 0.3 is 0 Å². The third kappa shape index (κ3) is 5.20. The molecular weight excluding hydrogens is 518 g/mol. The van der Waals surface area contributed by atoms with Crippen LogP contribution in [0.15, 0.2) is 75.0 Å². The molecule has 0 bridgehead atoms. The van der Waals surface area contributed by atoms with E-state index in [0.29, 0.717) is 56.7 Å². The van der Waals surface area contributed by atoms with E-state index in [2.05, 4.69) is 5.10 Å². The molecule has 2 aromatic heterocycles. The Morgan fingerprint density at radius 3 is 2.67 bits per heavy atom. The molecule has 9 heteroatoms. The minimum Gasteiger partial charge on any atom is -0.496 e. The molecule has 0 radical (unpaired) electrons. The molecule has 2 heterocycles. The second kappa shape index (κ2) is 11.2. The van der Waals surface area contributed by atoms with Gasteiger partial charge in [0.25, 0.3) is 5.56 Å². The van der Waals surface area contributed by atoms with Gasteiger partial charge in [-0.1, -0.05) is 36.7 Å². The highest BCUT2D eigenvalue weighted by atomic mass is 35.5. The smallest absolute Gasteiger partial charge is 0.282 e. The normalized spacial score (nSPS) is 12.3. The van der Waals surface area contributed by atoms with Crippen molar-refractivity contribution < 1.29 is 18.6 Å². The van der Waals surface area contributed by atoms with Crippen LogP contribution in [0.25, 0.3) is 33.5 Å². The van der Waals surface area contributed by atoms with E-state index in [4.69, 9.17) is 35.2 Å². The fourth-order valence-corrected chi connectivity index (χ4v) is 4.43. The van der Waals surface area contributed by atoms with Crippen LogP contribution in [0.2, 0.25) is 5.02 Å². The predicted octanol–water partition coefficient (Wildman–Crippen LogP) is 6.93. The summed E-state index contributed by atoms with van der Waals surface area (Å²) in [5, 5.41) is 6.11. The van der Waals surface area contributed by atoms with Crippen molar-refractivity contribution in [2.75, 3.05) is 13.7 Å². The van der Waals surface area contributed by atoms with Gasteiger partial charge in [0.05, 0.1) is 47.3 Å². The number of ether oxygens (including phenoxy) is 3. The number of rotatable bonds is 9. The Labute approximate surface area is 230 Å². The standard InChI is InChI=1S/C30H28ClN3O5/c1-5-18(3)38-28-22(31)14-19(15-26(28)37-6-2)17-32-34-29(33-23-11-8-7-10-20(23)30(34)35)27-16-21-24(36-4)12-9-13-25(21)39-27/h7-18H,5-6H2,1-4H3/t18-/m1/s1. The lowest BCUT2D eigenvalue weighted by molar-refractivity contribution is 0.203. The minimum atomic E-state index is -0.341. The van der Waals surface area contributed by atoms with Crippen molar-refractivity contribution in [1.82, 2.24) is 9.66 Å². The molecule has 0 saturated heterocycles. The van der Waals surface area contributed by atoms with E-state index >= 15 is 0 Å². The van der Waals surface area contributed by atoms with E-state index in [9.17, 15) is 4.79 Å². The third-order valence-corrected chi connectivity index (χ3v) is 6.54. The van der Waals surface area contributed by atoms with Gasteiger partial charge in [-0.25, -0.2) is 4.98 Å². The Kier molecular flexibility index (Phi) is 7.56. The Morgan fingerprint density at radius 2 is 1.90 bits per heavy atom. The summed E-state index contributed by atoms with van der Waals surface area (Å²) in [5.74, 6) is 2.26. The van der Waals surface area contributed by atoms with E-state index in [0.717, 1.165) is 11.8 Å². The first-order valence-corrected chi connectivity index (χ1v) is 13.1. The molecule has 0 amide bonds. The molecule has 0 aliphatic carbocycles. The fourth-order valence-electron chi connectivity index (χ4n) is 4.16. The van der Waals surface area contributed by atoms with Crippen molar-refractivity contribution >= 4 is 39.7 Å². The zero-order valence-corrected chi connectivity index (χ0v) is 22.9. The molecule has 3 aromatic carbocycles. The topological polar surface area (TPSA) is 88.1 Å². The molecule has 1 atom stereocenters. The van der Waals surface area contributed by atoms with Crippen LogP contribution in [-0.4, -0.2) is 35.7 Å². The highest BCUT2D eigenvalue weighted by molar-refractivity contribution is 6.32. The van der Waals surface area contributed by atoms with Crippen LogP contribution in [0.4, 0.5) is 0 Å². The molecular formula is C30H28ClN3O5. The third-order valence-electron chi connectivity index (χ3n) is 6.26. The predicted molar refractivity (Wildman–Crippen MR) is 154 cm³/mol. The van der Waals surface area contributed by atoms with Crippen LogP contribution in [0, 0.1) is 0 Å². The molecule has 5 aromatic rings. The second-order valence-electron chi connectivity index (χ2n) is 8.90. The summed E-state index contributed by atoms with van der Waals surface area (Å²) in [7, 11) is 1.59. The summed E-state index contributed by atoms with van der Waals surface area (Å²) in [5.41, 5.74) is 1.42. The molecule has 0 N–H and O–H groups in total. The highest BCUT2D eigenvalue weighted by Gasteiger charge is 2.19. The Hall–Kier alpha value is -4.30. The Bertz CT molecular complexity index is 1740. The molecule has 0 fully saturated rings. The van der Waals surface area contributed by atoms with E-state index in [-0.39, 0.29) is 17.5 Å². The Morgan fingerprint density at radius 1 is 1.08 bits per heavy atom. The van der Waals surface area contributed by atoms with E-state index in [1.807, 2.05) is 45.0 Å². The number of benzene rings is 3. The minimum absolute atomic E-state index is 0.0338. The maximum atomic E-state index is 13.6. The zero-order valence-electron chi connectivity index (χ0n) is 22.1. The first-order valence-electron chi connectivity index (χ1n) is 12.7. The maximum absolute atomic E-state index is 13.6. The summed E-state index contributed by atoms with van der Waals surface area (Å²) in [6.45, 7) is 6.32. The zero-order chi connectivity index (χ0) is 27.5. The van der Waals surface area contributed by atoms with Crippen LogP contribution < -0.4 is 19.8 Å². The molecule has 0 unspecified atom stereocenters. The molecule has 0 aliphatic rings. The summed E-state index contributed by atoms with van der Waals surface area (Å²) in [6, 6.07) is 17.9. The highest BCUT2D eigenvalue weighted by Crippen LogP contribution is 2.37. The summed E-state index contributed by atoms with van der Waals surface area (Å²) in [4.78, 5) is 18.3. The lowest BCUT2D eigenvalue weighted by atomic mass is 10.2. The van der Waals surface area contributed by atoms with E-state index in [1.54, 1.807) is 43.5 Å². The van der Waals surface area contributed by atoms with Crippen LogP contribution in [-0.2, 0) is 0 Å². The van der Waals surface area contributed by atoms with Gasteiger partial charge in [0.1, 0.15) is 11.3 Å². The quantitative estimate of drug-likeness (QED) is 0.187. The molecule has 5 rings (SSSR count). The van der Waals surface area contributed by atoms with Gasteiger partial charge in [0, 0.05) is 0 Å². The molecule has 0 spiro atoms. The van der Waals surface area contributed by atoms with Gasteiger partial charge in [-0.05, 0) is 68.3 Å². The lowest BCUT2D eigenvalue weighted by Gasteiger charge is -2.18. The van der Waals surface area contributed by atoms with Gasteiger partial charge in [0.2, 0.25) is 5.82 Å². The molecule has 0 aliphatic heterocycles. The van der Waals surface area contributed by atoms with Crippen molar-refractivity contribution in [3.63, 3.8) is 0 Å². The van der Waals surface area contributed by atoms with E-state index < -0.39 is 0 Å². The fraction of sp³-hybridized carbons (Fsp3) is 0.233. The SMILES string of the molecule is CCOc1cc(C=Nn2c(-c3cc4c(OC)cccc4o3)nc3ccccc3c2=O)cc(Cl)c1O[C@H](C)CC. The van der Waals surface area contributed by atoms with Crippen molar-refractivity contribution in [3.8, 4) is 28.8 Å². The second-order valence-corrected chi connectivity index (χ2v) is 9.30.